The number of esters is 1. The zero-order chi connectivity index (χ0) is 20.1. The van der Waals surface area contributed by atoms with E-state index >= 15 is 0 Å². The van der Waals surface area contributed by atoms with Gasteiger partial charge in [0.2, 0.25) is 11.8 Å². The second-order valence-electron chi connectivity index (χ2n) is 7.03. The van der Waals surface area contributed by atoms with Crippen molar-refractivity contribution in [2.45, 2.75) is 38.6 Å². The summed E-state index contributed by atoms with van der Waals surface area (Å²) in [6.07, 6.45) is 1.77. The predicted octanol–water partition coefficient (Wildman–Crippen LogP) is 1.32. The molecule has 2 heterocycles. The Hall–Kier alpha value is -2.90. The van der Waals surface area contributed by atoms with Crippen LogP contribution in [0.15, 0.2) is 24.3 Å². The third kappa shape index (κ3) is 4.49. The molecule has 28 heavy (non-hydrogen) atoms. The molecule has 0 aliphatic carbocycles. The molecule has 0 bridgehead atoms. The molecule has 0 radical (unpaired) electrons. The van der Waals surface area contributed by atoms with Crippen LogP contribution >= 0.6 is 0 Å². The summed E-state index contributed by atoms with van der Waals surface area (Å²) in [6.45, 7) is 3.01. The molecule has 2 aliphatic rings. The maximum absolute atomic E-state index is 12.6. The summed E-state index contributed by atoms with van der Waals surface area (Å²) < 4.78 is 5.06. The predicted molar refractivity (Wildman–Crippen MR) is 101 cm³/mol. The fourth-order valence-electron chi connectivity index (χ4n) is 3.60. The number of piperidine rings is 1. The Bertz CT molecular complexity index is 779. The van der Waals surface area contributed by atoms with Crippen molar-refractivity contribution in [2.75, 3.05) is 25.0 Å². The SMILES string of the molecule is CCOC(=O)[C@H]1CCCN(C(=O)CC[C@H]2NC(=O)c3ccccc3NC2=O)C1. The number of amides is 3. The molecule has 0 unspecified atom stereocenters. The van der Waals surface area contributed by atoms with Gasteiger partial charge in [-0.25, -0.2) is 0 Å². The van der Waals surface area contributed by atoms with Gasteiger partial charge in [0.15, 0.2) is 0 Å². The lowest BCUT2D eigenvalue weighted by molar-refractivity contribution is -0.151. The largest absolute Gasteiger partial charge is 0.466 e. The number of rotatable bonds is 5. The maximum atomic E-state index is 12.6. The van der Waals surface area contributed by atoms with Crippen LogP contribution in [0.3, 0.4) is 0 Å². The van der Waals surface area contributed by atoms with Crippen LogP contribution in [0.25, 0.3) is 0 Å². The van der Waals surface area contributed by atoms with E-state index in [1.807, 2.05) is 0 Å². The number of ether oxygens (including phenoxy) is 1. The molecule has 1 aromatic carbocycles. The highest BCUT2D eigenvalue weighted by Gasteiger charge is 2.31. The van der Waals surface area contributed by atoms with E-state index < -0.39 is 6.04 Å². The number of nitrogens with one attached hydrogen (secondary N) is 2. The Kier molecular flexibility index (Phi) is 6.28. The first-order valence-corrected chi connectivity index (χ1v) is 9.64. The van der Waals surface area contributed by atoms with Gasteiger partial charge in [-0.15, -0.1) is 0 Å². The van der Waals surface area contributed by atoms with E-state index in [4.69, 9.17) is 4.74 Å². The number of benzene rings is 1. The zero-order valence-corrected chi connectivity index (χ0v) is 15.9. The normalized spacial score (nSPS) is 21.8. The van der Waals surface area contributed by atoms with Crippen LogP contribution in [-0.2, 0) is 19.1 Å². The minimum absolute atomic E-state index is 0.115. The van der Waals surface area contributed by atoms with E-state index in [0.717, 1.165) is 6.42 Å². The van der Waals surface area contributed by atoms with Crippen LogP contribution in [0.2, 0.25) is 0 Å². The van der Waals surface area contributed by atoms with E-state index in [1.54, 1.807) is 36.1 Å². The average molecular weight is 387 g/mol. The van der Waals surface area contributed by atoms with Crippen molar-refractivity contribution < 1.29 is 23.9 Å². The fourth-order valence-corrected chi connectivity index (χ4v) is 3.60. The molecular weight excluding hydrogens is 362 g/mol. The fraction of sp³-hybridized carbons (Fsp3) is 0.500. The van der Waals surface area contributed by atoms with Gasteiger partial charge in [-0.05, 0) is 38.3 Å². The average Bonchev–Trinajstić information content (AvgIpc) is 2.82. The van der Waals surface area contributed by atoms with Gasteiger partial charge in [-0.1, -0.05) is 12.1 Å². The first-order valence-electron chi connectivity index (χ1n) is 9.64. The van der Waals surface area contributed by atoms with Crippen molar-refractivity contribution >= 4 is 29.4 Å². The molecule has 150 valence electrons. The topological polar surface area (TPSA) is 105 Å². The Morgan fingerprint density at radius 1 is 1.25 bits per heavy atom. The zero-order valence-electron chi connectivity index (χ0n) is 15.9. The molecular formula is C20H25N3O5. The van der Waals surface area contributed by atoms with Crippen molar-refractivity contribution in [1.29, 1.82) is 0 Å². The molecule has 2 aliphatic heterocycles. The van der Waals surface area contributed by atoms with Gasteiger partial charge in [0, 0.05) is 19.5 Å². The van der Waals surface area contributed by atoms with E-state index in [0.29, 0.717) is 37.4 Å². The number of likely N-dealkylation sites (tertiary alicyclic amines) is 1. The monoisotopic (exact) mass is 387 g/mol. The lowest BCUT2D eigenvalue weighted by Gasteiger charge is -2.31. The molecule has 3 rings (SSSR count). The first-order chi connectivity index (χ1) is 13.5. The number of anilines is 1. The van der Waals surface area contributed by atoms with Gasteiger partial charge in [0.1, 0.15) is 6.04 Å². The summed E-state index contributed by atoms with van der Waals surface area (Å²) in [5.74, 6) is -1.38. The lowest BCUT2D eigenvalue weighted by atomic mass is 9.97. The molecule has 0 saturated carbocycles. The highest BCUT2D eigenvalue weighted by Crippen LogP contribution is 2.21. The van der Waals surface area contributed by atoms with Crippen LogP contribution in [0.4, 0.5) is 5.69 Å². The summed E-state index contributed by atoms with van der Waals surface area (Å²) in [6, 6.07) is 6.00. The molecule has 0 aromatic heterocycles. The Balaban J connectivity index is 1.56. The highest BCUT2D eigenvalue weighted by atomic mass is 16.5. The van der Waals surface area contributed by atoms with E-state index in [2.05, 4.69) is 10.6 Å². The Morgan fingerprint density at radius 2 is 2.04 bits per heavy atom. The van der Waals surface area contributed by atoms with Gasteiger partial charge in [-0.3, -0.25) is 19.2 Å². The first kappa shape index (κ1) is 19.9. The molecule has 1 saturated heterocycles. The summed E-state index contributed by atoms with van der Waals surface area (Å²) in [7, 11) is 0. The maximum Gasteiger partial charge on any atom is 0.310 e. The van der Waals surface area contributed by atoms with Crippen LogP contribution in [0, 0.1) is 5.92 Å². The highest BCUT2D eigenvalue weighted by molar-refractivity contribution is 6.09. The molecule has 2 N–H and O–H groups in total. The van der Waals surface area contributed by atoms with Crippen LogP contribution in [0.1, 0.15) is 43.0 Å². The number of carbonyl (C=O) groups is 4. The summed E-state index contributed by atoms with van der Waals surface area (Å²) in [5.41, 5.74) is 0.866. The van der Waals surface area contributed by atoms with E-state index in [9.17, 15) is 19.2 Å². The second-order valence-corrected chi connectivity index (χ2v) is 7.03. The van der Waals surface area contributed by atoms with Crippen molar-refractivity contribution in [2.24, 2.45) is 5.92 Å². The molecule has 2 atom stereocenters. The Labute approximate surface area is 163 Å². The molecule has 0 spiro atoms. The number of fused-ring (bicyclic) bond motifs is 1. The number of hydrogen-bond donors (Lipinski definition) is 2. The number of para-hydroxylation sites is 1. The van der Waals surface area contributed by atoms with Crippen molar-refractivity contribution in [1.82, 2.24) is 10.2 Å². The number of hydrogen-bond acceptors (Lipinski definition) is 5. The van der Waals surface area contributed by atoms with Gasteiger partial charge in [0.25, 0.3) is 5.91 Å². The van der Waals surface area contributed by atoms with Gasteiger partial charge in [0.05, 0.1) is 23.8 Å². The van der Waals surface area contributed by atoms with Gasteiger partial charge in [-0.2, -0.15) is 0 Å². The van der Waals surface area contributed by atoms with Gasteiger partial charge >= 0.3 is 5.97 Å². The minimum Gasteiger partial charge on any atom is -0.466 e. The quantitative estimate of drug-likeness (QED) is 0.742. The second kappa shape index (κ2) is 8.86. The number of nitrogens with zero attached hydrogens (tertiary/aromatic N) is 1. The molecule has 8 heteroatoms. The molecule has 1 aromatic rings. The van der Waals surface area contributed by atoms with Crippen molar-refractivity contribution in [3.8, 4) is 0 Å². The molecule has 8 nitrogen and oxygen atoms in total. The molecule has 1 fully saturated rings. The third-order valence-electron chi connectivity index (χ3n) is 5.09. The van der Waals surface area contributed by atoms with Crippen LogP contribution in [-0.4, -0.2) is 54.3 Å². The Morgan fingerprint density at radius 3 is 2.82 bits per heavy atom. The summed E-state index contributed by atoms with van der Waals surface area (Å²) in [5, 5.41) is 5.42. The van der Waals surface area contributed by atoms with Crippen molar-refractivity contribution in [3.63, 3.8) is 0 Å². The van der Waals surface area contributed by atoms with Crippen molar-refractivity contribution in [3.05, 3.63) is 29.8 Å². The minimum atomic E-state index is -0.783. The van der Waals surface area contributed by atoms with Gasteiger partial charge < -0.3 is 20.3 Å². The standard InChI is InChI=1S/C20H25N3O5/c1-2-28-20(27)13-6-5-11-23(12-13)17(24)10-9-16-19(26)21-15-8-4-3-7-14(15)18(25)22-16/h3-4,7-8,13,16H,2,5-6,9-12H2,1H3,(H,21,26)(H,22,25)/t13-,16+/m0/s1. The van der Waals surface area contributed by atoms with Crippen LogP contribution in [0.5, 0.6) is 0 Å². The van der Waals surface area contributed by atoms with E-state index in [1.165, 1.54) is 0 Å². The lowest BCUT2D eigenvalue weighted by Crippen LogP contribution is -2.45. The summed E-state index contributed by atoms with van der Waals surface area (Å²) in [4.78, 5) is 50.9. The van der Waals surface area contributed by atoms with E-state index in [-0.39, 0.29) is 42.5 Å². The smallest absolute Gasteiger partial charge is 0.310 e. The number of carbonyl (C=O) groups excluding carboxylic acids is 4. The third-order valence-corrected chi connectivity index (χ3v) is 5.09. The van der Waals surface area contributed by atoms with Crippen LogP contribution < -0.4 is 10.6 Å². The summed E-state index contributed by atoms with van der Waals surface area (Å²) >= 11 is 0. The molecule has 3 amide bonds.